The first-order chi connectivity index (χ1) is 5.66. The van der Waals surface area contributed by atoms with Crippen molar-refractivity contribution in [1.29, 1.82) is 0 Å². The normalized spacial score (nSPS) is 28.9. The molecule has 1 saturated carbocycles. The number of hydrogen-bond donors (Lipinski definition) is 0. The molecule has 0 aromatic heterocycles. The molecule has 0 aromatic rings. The van der Waals surface area contributed by atoms with Crippen LogP contribution in [0.3, 0.4) is 0 Å². The summed E-state index contributed by atoms with van der Waals surface area (Å²) >= 11 is 0. The lowest BCUT2D eigenvalue weighted by molar-refractivity contribution is -0.130. The number of ketones is 2. The standard InChI is InChI=1S/C10H14O2/c1-3-4-8-5-6-9(12)10(8)7(2)11/h3,8,10H,1,4-6H2,2H3. The van der Waals surface area contributed by atoms with Crippen molar-refractivity contribution in [3.63, 3.8) is 0 Å². The zero-order valence-electron chi connectivity index (χ0n) is 7.38. The Labute approximate surface area is 72.7 Å². The van der Waals surface area contributed by atoms with Crippen LogP contribution >= 0.6 is 0 Å². The van der Waals surface area contributed by atoms with Crippen LogP contribution in [0.1, 0.15) is 26.2 Å². The Morgan fingerprint density at radius 3 is 2.92 bits per heavy atom. The van der Waals surface area contributed by atoms with Crippen molar-refractivity contribution in [2.24, 2.45) is 11.8 Å². The minimum absolute atomic E-state index is 0.0179. The molecule has 0 heterocycles. The topological polar surface area (TPSA) is 34.1 Å². The summed E-state index contributed by atoms with van der Waals surface area (Å²) in [7, 11) is 0. The second-order valence-electron chi connectivity index (χ2n) is 3.38. The zero-order chi connectivity index (χ0) is 9.14. The molecular formula is C10H14O2. The van der Waals surface area contributed by atoms with Gasteiger partial charge in [0, 0.05) is 6.42 Å². The van der Waals surface area contributed by atoms with Crippen molar-refractivity contribution in [2.45, 2.75) is 26.2 Å². The summed E-state index contributed by atoms with van der Waals surface area (Å²) in [6.45, 7) is 5.12. The van der Waals surface area contributed by atoms with Gasteiger partial charge in [0.2, 0.25) is 0 Å². The molecule has 0 radical (unpaired) electrons. The maximum atomic E-state index is 11.2. The third kappa shape index (κ3) is 1.63. The Balaban J connectivity index is 2.69. The van der Waals surface area contributed by atoms with Crippen LogP contribution in [0.4, 0.5) is 0 Å². The highest BCUT2D eigenvalue weighted by Gasteiger charge is 2.36. The van der Waals surface area contributed by atoms with E-state index in [4.69, 9.17) is 0 Å². The monoisotopic (exact) mass is 166 g/mol. The molecule has 66 valence electrons. The van der Waals surface area contributed by atoms with Gasteiger partial charge in [-0.1, -0.05) is 6.08 Å². The molecule has 1 aliphatic rings. The molecule has 0 saturated heterocycles. The van der Waals surface area contributed by atoms with Gasteiger partial charge >= 0.3 is 0 Å². The lowest BCUT2D eigenvalue weighted by Crippen LogP contribution is -2.22. The van der Waals surface area contributed by atoms with Crippen LogP contribution in [0.2, 0.25) is 0 Å². The molecule has 0 amide bonds. The first-order valence-corrected chi connectivity index (χ1v) is 4.31. The molecule has 1 aliphatic carbocycles. The fourth-order valence-corrected chi connectivity index (χ4v) is 1.94. The van der Waals surface area contributed by atoms with E-state index in [1.165, 1.54) is 6.92 Å². The predicted octanol–water partition coefficient (Wildman–Crippen LogP) is 1.75. The third-order valence-electron chi connectivity index (χ3n) is 2.49. The molecule has 0 aromatic carbocycles. The van der Waals surface area contributed by atoms with Crippen LogP contribution in [0, 0.1) is 11.8 Å². The summed E-state index contributed by atoms with van der Waals surface area (Å²) in [6.07, 6.45) is 4.01. The van der Waals surface area contributed by atoms with Crippen LogP contribution in [0.5, 0.6) is 0 Å². The second kappa shape index (κ2) is 3.65. The van der Waals surface area contributed by atoms with Gasteiger partial charge in [-0.25, -0.2) is 0 Å². The molecule has 0 spiro atoms. The van der Waals surface area contributed by atoms with Crippen LogP contribution in [-0.4, -0.2) is 11.6 Å². The van der Waals surface area contributed by atoms with E-state index in [9.17, 15) is 9.59 Å². The molecule has 12 heavy (non-hydrogen) atoms. The fraction of sp³-hybridized carbons (Fsp3) is 0.600. The lowest BCUT2D eigenvalue weighted by Gasteiger charge is -2.12. The van der Waals surface area contributed by atoms with Crippen molar-refractivity contribution in [2.75, 3.05) is 0 Å². The molecule has 0 bridgehead atoms. The van der Waals surface area contributed by atoms with Crippen LogP contribution < -0.4 is 0 Å². The van der Waals surface area contributed by atoms with Crippen molar-refractivity contribution >= 4 is 11.6 Å². The fourth-order valence-electron chi connectivity index (χ4n) is 1.94. The third-order valence-corrected chi connectivity index (χ3v) is 2.49. The molecule has 2 nitrogen and oxygen atoms in total. The number of carbonyl (C=O) groups excluding carboxylic acids is 2. The molecule has 1 rings (SSSR count). The average molecular weight is 166 g/mol. The van der Waals surface area contributed by atoms with Crippen LogP contribution in [0.15, 0.2) is 12.7 Å². The summed E-state index contributed by atoms with van der Waals surface area (Å²) in [6, 6.07) is 0. The molecule has 2 heteroatoms. The van der Waals surface area contributed by atoms with Gasteiger partial charge in [0.05, 0.1) is 5.92 Å². The summed E-state index contributed by atoms with van der Waals surface area (Å²) in [5.74, 6) is 0.0363. The van der Waals surface area contributed by atoms with Gasteiger partial charge in [0.25, 0.3) is 0 Å². The number of Topliss-reactive ketones (excluding diaryl/α,β-unsaturated/α-hetero) is 2. The number of carbonyl (C=O) groups is 2. The Morgan fingerprint density at radius 2 is 2.42 bits per heavy atom. The Kier molecular flexibility index (Phi) is 2.79. The maximum Gasteiger partial charge on any atom is 0.143 e. The Hall–Kier alpha value is -0.920. The van der Waals surface area contributed by atoms with E-state index in [0.29, 0.717) is 6.42 Å². The molecule has 0 aliphatic heterocycles. The number of rotatable bonds is 3. The van der Waals surface area contributed by atoms with Gasteiger partial charge in [-0.15, -0.1) is 6.58 Å². The SMILES string of the molecule is C=CCC1CCC(=O)C1C(C)=O. The van der Waals surface area contributed by atoms with Crippen molar-refractivity contribution in [3.8, 4) is 0 Å². The first kappa shape index (κ1) is 9.17. The van der Waals surface area contributed by atoms with Gasteiger partial charge in [0.15, 0.2) is 0 Å². The van der Waals surface area contributed by atoms with E-state index in [2.05, 4.69) is 6.58 Å². The van der Waals surface area contributed by atoms with E-state index < -0.39 is 0 Å². The van der Waals surface area contributed by atoms with Gasteiger partial charge in [-0.2, -0.15) is 0 Å². The summed E-state index contributed by atoms with van der Waals surface area (Å²) in [5, 5.41) is 0. The largest absolute Gasteiger partial charge is 0.299 e. The molecule has 0 N–H and O–H groups in total. The quantitative estimate of drug-likeness (QED) is 0.473. The smallest absolute Gasteiger partial charge is 0.143 e. The Morgan fingerprint density at radius 1 is 1.75 bits per heavy atom. The predicted molar refractivity (Wildman–Crippen MR) is 46.7 cm³/mol. The van der Waals surface area contributed by atoms with E-state index in [-0.39, 0.29) is 23.4 Å². The van der Waals surface area contributed by atoms with Crippen LogP contribution in [-0.2, 0) is 9.59 Å². The Bertz CT molecular complexity index is 218. The average Bonchev–Trinajstić information content (AvgIpc) is 2.32. The van der Waals surface area contributed by atoms with E-state index in [1.54, 1.807) is 6.08 Å². The minimum Gasteiger partial charge on any atom is -0.299 e. The van der Waals surface area contributed by atoms with Gasteiger partial charge in [0.1, 0.15) is 11.6 Å². The second-order valence-corrected chi connectivity index (χ2v) is 3.38. The molecule has 2 unspecified atom stereocenters. The summed E-state index contributed by atoms with van der Waals surface area (Å²) < 4.78 is 0. The highest BCUT2D eigenvalue weighted by atomic mass is 16.1. The zero-order valence-corrected chi connectivity index (χ0v) is 7.38. The highest BCUT2D eigenvalue weighted by molar-refractivity contribution is 6.03. The molecule has 1 fully saturated rings. The number of hydrogen-bond acceptors (Lipinski definition) is 2. The van der Waals surface area contributed by atoms with Crippen molar-refractivity contribution < 1.29 is 9.59 Å². The van der Waals surface area contributed by atoms with E-state index >= 15 is 0 Å². The van der Waals surface area contributed by atoms with Crippen LogP contribution in [0.25, 0.3) is 0 Å². The summed E-state index contributed by atoms with van der Waals surface area (Å²) in [5.41, 5.74) is 0. The highest BCUT2D eigenvalue weighted by Crippen LogP contribution is 2.32. The van der Waals surface area contributed by atoms with Gasteiger partial charge < -0.3 is 0 Å². The van der Waals surface area contributed by atoms with Gasteiger partial charge in [-0.05, 0) is 25.7 Å². The van der Waals surface area contributed by atoms with Crippen molar-refractivity contribution in [1.82, 2.24) is 0 Å². The summed E-state index contributed by atoms with van der Waals surface area (Å²) in [4.78, 5) is 22.3. The lowest BCUT2D eigenvalue weighted by atomic mass is 9.89. The maximum absolute atomic E-state index is 11.2. The van der Waals surface area contributed by atoms with Crippen molar-refractivity contribution in [3.05, 3.63) is 12.7 Å². The molecular weight excluding hydrogens is 152 g/mol. The van der Waals surface area contributed by atoms with E-state index in [0.717, 1.165) is 12.8 Å². The molecule has 2 atom stereocenters. The number of allylic oxidation sites excluding steroid dienone is 1. The van der Waals surface area contributed by atoms with E-state index in [1.807, 2.05) is 0 Å². The minimum atomic E-state index is -0.331. The van der Waals surface area contributed by atoms with Gasteiger partial charge in [-0.3, -0.25) is 9.59 Å². The first-order valence-electron chi connectivity index (χ1n) is 4.31.